The monoisotopic (exact) mass is 489 g/mol. The Balaban J connectivity index is 1.38. The number of hydrogen-bond acceptors (Lipinski definition) is 10. The summed E-state index contributed by atoms with van der Waals surface area (Å²) in [5.74, 6) is 0.739. The van der Waals surface area contributed by atoms with Gasteiger partial charge in [0, 0.05) is 51.9 Å². The summed E-state index contributed by atoms with van der Waals surface area (Å²) in [6, 6.07) is 10.7. The number of aliphatic hydroxyl groups is 1. The van der Waals surface area contributed by atoms with Crippen molar-refractivity contribution in [3.05, 3.63) is 54.0 Å². The van der Waals surface area contributed by atoms with Crippen molar-refractivity contribution in [3.63, 3.8) is 0 Å². The van der Waals surface area contributed by atoms with Crippen molar-refractivity contribution >= 4 is 17.7 Å². The zero-order valence-corrected chi connectivity index (χ0v) is 20.5. The zero-order valence-electron chi connectivity index (χ0n) is 20.5. The molecule has 4 aromatic heterocycles. The number of likely N-dealkylation sites (N-methyl/N-ethyl adjacent to an activating group) is 1. The highest BCUT2D eigenvalue weighted by atomic mass is 16.5. The second kappa shape index (κ2) is 9.13. The molecule has 186 valence electrons. The summed E-state index contributed by atoms with van der Waals surface area (Å²) in [4.78, 5) is 29.5. The van der Waals surface area contributed by atoms with Gasteiger partial charge in [-0.15, -0.1) is 0 Å². The van der Waals surface area contributed by atoms with E-state index in [0.29, 0.717) is 41.1 Å². The number of carbonyl (C=O) groups excluding carboxylic acids is 1. The molecule has 0 spiro atoms. The van der Waals surface area contributed by atoms with Crippen LogP contribution in [0.4, 0.5) is 11.8 Å². The molecule has 1 aliphatic heterocycles. The van der Waals surface area contributed by atoms with E-state index in [-0.39, 0.29) is 12.2 Å². The number of anilines is 2. The number of aromatic nitrogens is 6. The molecule has 12 nitrogen and oxygen atoms in total. The van der Waals surface area contributed by atoms with Gasteiger partial charge in [0.2, 0.25) is 11.5 Å². The molecule has 0 saturated carbocycles. The summed E-state index contributed by atoms with van der Waals surface area (Å²) in [5.41, 5.74) is 1.49. The Labute approximate surface area is 207 Å². The lowest BCUT2D eigenvalue weighted by molar-refractivity contribution is -0.144. The van der Waals surface area contributed by atoms with Gasteiger partial charge in [0.1, 0.15) is 5.69 Å². The van der Waals surface area contributed by atoms with Crippen molar-refractivity contribution in [2.75, 3.05) is 33.0 Å². The number of likely N-dealkylation sites (tertiary alicyclic amines) is 1. The first kappa shape index (κ1) is 23.6. The van der Waals surface area contributed by atoms with Gasteiger partial charge in [-0.1, -0.05) is 11.2 Å². The molecule has 0 aromatic carbocycles. The molecule has 1 fully saturated rings. The fourth-order valence-corrected chi connectivity index (χ4v) is 4.11. The molecule has 1 saturated heterocycles. The molecule has 0 unspecified atom stereocenters. The highest BCUT2D eigenvalue weighted by molar-refractivity contribution is 5.87. The Morgan fingerprint density at radius 2 is 1.86 bits per heavy atom. The smallest absolute Gasteiger partial charge is 0.262 e. The maximum Gasteiger partial charge on any atom is 0.262 e. The number of carbonyl (C=O) groups is 1. The first-order chi connectivity index (χ1) is 17.2. The number of nitrogens with zero attached hydrogens (tertiary/aromatic N) is 8. The molecule has 1 amide bonds. The molecule has 0 bridgehead atoms. The van der Waals surface area contributed by atoms with Crippen LogP contribution in [0.3, 0.4) is 0 Å². The number of amides is 1. The maximum atomic E-state index is 12.4. The summed E-state index contributed by atoms with van der Waals surface area (Å²) in [5, 5.41) is 22.5. The van der Waals surface area contributed by atoms with Crippen molar-refractivity contribution < 1.29 is 14.4 Å². The van der Waals surface area contributed by atoms with E-state index < -0.39 is 11.5 Å². The molecular weight excluding hydrogens is 462 g/mol. The van der Waals surface area contributed by atoms with E-state index >= 15 is 0 Å². The van der Waals surface area contributed by atoms with Gasteiger partial charge in [0.05, 0.1) is 22.8 Å². The van der Waals surface area contributed by atoms with Crippen LogP contribution in [0, 0.1) is 0 Å². The van der Waals surface area contributed by atoms with Crippen LogP contribution < -0.4 is 5.32 Å². The van der Waals surface area contributed by atoms with Crippen LogP contribution in [-0.2, 0) is 24.0 Å². The average Bonchev–Trinajstić information content (AvgIpc) is 3.55. The van der Waals surface area contributed by atoms with Crippen molar-refractivity contribution in [2.45, 2.75) is 18.6 Å². The quantitative estimate of drug-likeness (QED) is 0.395. The fourth-order valence-electron chi connectivity index (χ4n) is 4.11. The highest BCUT2D eigenvalue weighted by Gasteiger charge is 2.48. The summed E-state index contributed by atoms with van der Waals surface area (Å²) in [7, 11) is 7.54. The van der Waals surface area contributed by atoms with Gasteiger partial charge in [-0.05, 0) is 32.3 Å². The Morgan fingerprint density at radius 1 is 1.11 bits per heavy atom. The number of nitrogens with one attached hydrogen (secondary N) is 1. The Morgan fingerprint density at radius 3 is 2.58 bits per heavy atom. The fraction of sp³-hybridized carbons (Fsp3) is 0.333. The predicted octanol–water partition coefficient (Wildman–Crippen LogP) is 1.78. The van der Waals surface area contributed by atoms with Crippen LogP contribution in [0.1, 0.15) is 17.9 Å². The zero-order chi connectivity index (χ0) is 25.4. The Bertz CT molecular complexity index is 1410. The summed E-state index contributed by atoms with van der Waals surface area (Å²) >= 11 is 0. The number of rotatable bonds is 7. The lowest BCUT2D eigenvalue weighted by Gasteiger charge is -2.16. The van der Waals surface area contributed by atoms with Crippen LogP contribution >= 0.6 is 0 Å². The molecule has 0 radical (unpaired) electrons. The van der Waals surface area contributed by atoms with E-state index in [4.69, 9.17) is 4.52 Å². The van der Waals surface area contributed by atoms with Crippen LogP contribution in [0.25, 0.3) is 22.8 Å². The molecule has 1 aliphatic rings. The molecule has 36 heavy (non-hydrogen) atoms. The van der Waals surface area contributed by atoms with Crippen LogP contribution in [0.2, 0.25) is 0 Å². The average molecular weight is 490 g/mol. The van der Waals surface area contributed by atoms with E-state index in [9.17, 15) is 9.90 Å². The number of aryl methyl sites for hydroxylation is 1. The Kier molecular flexibility index (Phi) is 5.98. The van der Waals surface area contributed by atoms with Gasteiger partial charge >= 0.3 is 0 Å². The summed E-state index contributed by atoms with van der Waals surface area (Å²) in [6.07, 6.45) is 1.89. The normalized spacial score (nSPS) is 17.8. The molecule has 5 rings (SSSR count). The molecule has 5 heterocycles. The third-order valence-corrected chi connectivity index (χ3v) is 6.05. The van der Waals surface area contributed by atoms with Gasteiger partial charge in [-0.25, -0.2) is 15.0 Å². The SMILES string of the molecule is CN(C)Cc1cc(Nc2nccc(-c3cccc(-c4cc([C@]5(O)CCN(C)C5=O)on4)n3)n2)nn1C. The number of hydrogen-bond donors (Lipinski definition) is 2. The topological polar surface area (TPSA) is 138 Å². The van der Waals surface area contributed by atoms with Crippen LogP contribution in [0.15, 0.2) is 47.1 Å². The first-order valence-electron chi connectivity index (χ1n) is 11.4. The minimum Gasteiger partial charge on any atom is -0.373 e. The molecule has 2 N–H and O–H groups in total. The van der Waals surface area contributed by atoms with Crippen molar-refractivity contribution in [1.29, 1.82) is 0 Å². The second-order valence-corrected chi connectivity index (χ2v) is 9.09. The van der Waals surface area contributed by atoms with E-state index in [0.717, 1.165) is 12.2 Å². The Hall–Kier alpha value is -4.16. The van der Waals surface area contributed by atoms with E-state index in [1.54, 1.807) is 31.4 Å². The third kappa shape index (κ3) is 4.43. The van der Waals surface area contributed by atoms with Crippen molar-refractivity contribution in [1.82, 2.24) is 39.7 Å². The van der Waals surface area contributed by atoms with E-state index in [2.05, 4.69) is 35.4 Å². The lowest BCUT2D eigenvalue weighted by atomic mass is 9.98. The third-order valence-electron chi connectivity index (χ3n) is 6.05. The van der Waals surface area contributed by atoms with Gasteiger partial charge in [-0.2, -0.15) is 5.10 Å². The van der Waals surface area contributed by atoms with Crippen LogP contribution in [0.5, 0.6) is 0 Å². The van der Waals surface area contributed by atoms with Gasteiger partial charge < -0.3 is 24.7 Å². The maximum absolute atomic E-state index is 12.4. The molecule has 4 aromatic rings. The first-order valence-corrected chi connectivity index (χ1v) is 11.4. The van der Waals surface area contributed by atoms with E-state index in [1.807, 2.05) is 44.0 Å². The highest BCUT2D eigenvalue weighted by Crippen LogP contribution is 2.34. The second-order valence-electron chi connectivity index (χ2n) is 9.09. The van der Waals surface area contributed by atoms with Gasteiger partial charge in [0.15, 0.2) is 11.6 Å². The van der Waals surface area contributed by atoms with Crippen LogP contribution in [-0.4, -0.2) is 78.4 Å². The van der Waals surface area contributed by atoms with Crippen molar-refractivity contribution in [2.24, 2.45) is 7.05 Å². The molecular formula is C24H27N9O3. The number of pyridine rings is 1. The minimum atomic E-state index is -1.71. The van der Waals surface area contributed by atoms with Gasteiger partial charge in [-0.3, -0.25) is 9.48 Å². The molecule has 0 aliphatic carbocycles. The summed E-state index contributed by atoms with van der Waals surface area (Å²) < 4.78 is 7.17. The largest absolute Gasteiger partial charge is 0.373 e. The standard InChI is InChI=1S/C24H27N9O3/c1-31(2)14-15-12-21(29-33(15)4)28-23-25-10-8-18(27-23)16-6-5-7-17(26-16)19-13-20(36-30-19)24(35)9-11-32(3)22(24)34/h5-8,10,12-13,35H,9,11,14H2,1-4H3,(H,25,27,28,29)/t24-/m1/s1. The van der Waals surface area contributed by atoms with Gasteiger partial charge in [0.25, 0.3) is 5.91 Å². The molecule has 12 heteroatoms. The molecule has 1 atom stereocenters. The van der Waals surface area contributed by atoms with E-state index in [1.165, 1.54) is 4.90 Å². The lowest BCUT2D eigenvalue weighted by Crippen LogP contribution is -2.35. The predicted molar refractivity (Wildman–Crippen MR) is 131 cm³/mol. The van der Waals surface area contributed by atoms with Crippen molar-refractivity contribution in [3.8, 4) is 22.8 Å². The minimum absolute atomic E-state index is 0.108. The summed E-state index contributed by atoms with van der Waals surface area (Å²) in [6.45, 7) is 1.20.